The van der Waals surface area contributed by atoms with Crippen molar-refractivity contribution in [3.05, 3.63) is 41.2 Å². The third-order valence-electron chi connectivity index (χ3n) is 3.32. The second-order valence-electron chi connectivity index (χ2n) is 6.17. The van der Waals surface area contributed by atoms with Crippen LogP contribution >= 0.6 is 0 Å². The van der Waals surface area contributed by atoms with Gasteiger partial charge in [0.1, 0.15) is 0 Å². The van der Waals surface area contributed by atoms with E-state index in [0.29, 0.717) is 16.5 Å². The Bertz CT molecular complexity index is 852. The van der Waals surface area contributed by atoms with Gasteiger partial charge in [0, 0.05) is 38.9 Å². The Hall–Kier alpha value is -1.99. The molecule has 0 aliphatic rings. The summed E-state index contributed by atoms with van der Waals surface area (Å²) in [7, 11) is -3.70. The fourth-order valence-electron chi connectivity index (χ4n) is 2.10. The molecule has 1 aromatic carbocycles. The van der Waals surface area contributed by atoms with E-state index in [0.717, 1.165) is 4.74 Å². The van der Waals surface area contributed by atoms with Crippen molar-refractivity contribution >= 4 is 27.1 Å². The molecule has 0 aliphatic heterocycles. The van der Waals surface area contributed by atoms with Crippen LogP contribution in [0.25, 0.3) is 10.9 Å². The fourth-order valence-corrected chi connectivity index (χ4v) is 3.34. The van der Waals surface area contributed by atoms with Crippen molar-refractivity contribution in [2.24, 2.45) is 0 Å². The maximum Gasteiger partial charge on any atom is 0.241 e. The Morgan fingerprint density at radius 3 is 2.61 bits per heavy atom. The van der Waals surface area contributed by atoms with Gasteiger partial charge < -0.3 is 5.21 Å². The predicted molar refractivity (Wildman–Crippen MR) is 91.2 cm³/mol. The highest BCUT2D eigenvalue weighted by Crippen LogP contribution is 2.23. The molecule has 0 atom stereocenters. The Morgan fingerprint density at radius 1 is 1.30 bits per heavy atom. The maximum absolute atomic E-state index is 12.5. The molecule has 2 rings (SSSR count). The quantitative estimate of drug-likeness (QED) is 0.402. The second kappa shape index (κ2) is 6.25. The summed E-state index contributed by atoms with van der Waals surface area (Å²) in [5.41, 5.74) is 0.307. The smallest absolute Gasteiger partial charge is 0.241 e. The number of sulfonamides is 1. The predicted octanol–water partition coefficient (Wildman–Crippen LogP) is 2.26. The first-order valence-electron chi connectivity index (χ1n) is 7.35. The molecule has 7 heteroatoms. The number of pyridine rings is 1. The molecule has 124 valence electrons. The Kier molecular flexibility index (Phi) is 4.72. The second-order valence-corrected chi connectivity index (χ2v) is 7.91. The van der Waals surface area contributed by atoms with Gasteiger partial charge in [0.25, 0.3) is 0 Å². The minimum atomic E-state index is -3.70. The van der Waals surface area contributed by atoms with Gasteiger partial charge in [-0.2, -0.15) is 0 Å². The number of nitrogens with one attached hydrogen (secondary N) is 1. The Balaban J connectivity index is 2.82. The van der Waals surface area contributed by atoms with Gasteiger partial charge in [-0.25, -0.2) is 17.9 Å². The summed E-state index contributed by atoms with van der Waals surface area (Å²) in [6.07, 6.45) is 2.96. The molecule has 1 heterocycles. The summed E-state index contributed by atoms with van der Waals surface area (Å²) in [6, 6.07) is 6.60. The van der Waals surface area contributed by atoms with E-state index in [2.05, 4.69) is 9.71 Å². The van der Waals surface area contributed by atoms with Crippen LogP contribution in [0.3, 0.4) is 0 Å². The average Bonchev–Trinajstić information content (AvgIpc) is 2.46. The monoisotopic (exact) mass is 335 g/mol. The van der Waals surface area contributed by atoms with Gasteiger partial charge in [-0.15, -0.1) is 0 Å². The number of hydroxylamine groups is 1. The summed E-state index contributed by atoms with van der Waals surface area (Å²) >= 11 is 0. The van der Waals surface area contributed by atoms with Gasteiger partial charge >= 0.3 is 0 Å². The molecule has 2 aromatic rings. The van der Waals surface area contributed by atoms with Crippen LogP contribution in [0.15, 0.2) is 35.4 Å². The molecule has 0 bridgehead atoms. The fraction of sp³-hybridized carbons (Fsp3) is 0.375. The van der Waals surface area contributed by atoms with Crippen molar-refractivity contribution in [3.63, 3.8) is 0 Å². The zero-order valence-corrected chi connectivity index (χ0v) is 14.5. The molecule has 0 saturated carbocycles. The van der Waals surface area contributed by atoms with Crippen LogP contribution in [0.4, 0.5) is 0 Å². The zero-order valence-electron chi connectivity index (χ0n) is 13.7. The van der Waals surface area contributed by atoms with Crippen molar-refractivity contribution in [3.8, 4) is 0 Å². The highest BCUT2D eigenvalue weighted by atomic mass is 32.2. The Labute approximate surface area is 136 Å². The lowest BCUT2D eigenvalue weighted by atomic mass is 10.1. The summed E-state index contributed by atoms with van der Waals surface area (Å²) < 4.78 is 28.1. The van der Waals surface area contributed by atoms with Crippen LogP contribution in [-0.2, 0) is 10.0 Å². The van der Waals surface area contributed by atoms with Crippen LogP contribution in [0.2, 0.25) is 0 Å². The lowest BCUT2D eigenvalue weighted by molar-refractivity contribution is -0.530. The van der Waals surface area contributed by atoms with Crippen LogP contribution in [-0.4, -0.2) is 36.4 Å². The largest absolute Gasteiger partial charge is 0.623 e. The van der Waals surface area contributed by atoms with E-state index in [1.165, 1.54) is 12.3 Å². The molecule has 0 fully saturated rings. The van der Waals surface area contributed by atoms with E-state index in [-0.39, 0.29) is 11.4 Å². The molecule has 23 heavy (non-hydrogen) atoms. The van der Waals surface area contributed by atoms with E-state index in [9.17, 15) is 13.6 Å². The summed E-state index contributed by atoms with van der Waals surface area (Å²) in [5.74, 6) is 0. The summed E-state index contributed by atoms with van der Waals surface area (Å²) in [6.45, 7) is 7.26. The number of rotatable bonds is 4. The molecule has 0 spiro atoms. The molecule has 0 aliphatic carbocycles. The zero-order chi connectivity index (χ0) is 17.3. The van der Waals surface area contributed by atoms with E-state index in [1.807, 2.05) is 0 Å². The van der Waals surface area contributed by atoms with E-state index in [1.54, 1.807) is 52.1 Å². The average molecular weight is 335 g/mol. The number of benzene rings is 1. The first kappa shape index (κ1) is 17.4. The summed E-state index contributed by atoms with van der Waals surface area (Å²) in [4.78, 5) is 4.30. The van der Waals surface area contributed by atoms with Gasteiger partial charge in [0.2, 0.25) is 10.0 Å². The molecule has 0 unspecified atom stereocenters. The lowest BCUT2D eigenvalue weighted by Crippen LogP contribution is -2.30. The number of hydrogen-bond donors (Lipinski definition) is 1. The number of aromatic nitrogens is 1. The molecule has 0 radical (unpaired) electrons. The summed E-state index contributed by atoms with van der Waals surface area (Å²) in [5, 5.41) is 13.0. The van der Waals surface area contributed by atoms with Gasteiger partial charge in [0.05, 0.1) is 16.0 Å². The Morgan fingerprint density at radius 2 is 2.00 bits per heavy atom. The number of hydrogen-bond acceptors (Lipinski definition) is 4. The third-order valence-corrected chi connectivity index (χ3v) is 4.92. The topological polar surface area (TPSA) is 85.1 Å². The molecule has 6 nitrogen and oxygen atoms in total. The van der Waals surface area contributed by atoms with Crippen molar-refractivity contribution < 1.29 is 13.2 Å². The van der Waals surface area contributed by atoms with Crippen molar-refractivity contribution in [2.45, 2.75) is 38.1 Å². The van der Waals surface area contributed by atoms with Crippen molar-refractivity contribution in [1.29, 1.82) is 0 Å². The minimum absolute atomic E-state index is 0.0740. The maximum atomic E-state index is 12.5. The standard InChI is InChI=1S/C16H21N3O3S/c1-5-18-23(21,22)15-9-8-14-12(7-6-10-17-14)13(15)11-19(20)16(2,3)4/h6-11,18H,5H2,1-4H3/b19-11-. The number of fused-ring (bicyclic) bond motifs is 1. The first-order chi connectivity index (χ1) is 10.7. The van der Waals surface area contributed by atoms with Gasteiger partial charge in [-0.3, -0.25) is 4.98 Å². The molecular weight excluding hydrogens is 314 g/mol. The first-order valence-corrected chi connectivity index (χ1v) is 8.84. The van der Waals surface area contributed by atoms with E-state index >= 15 is 0 Å². The molecule has 1 N–H and O–H groups in total. The van der Waals surface area contributed by atoms with E-state index < -0.39 is 15.6 Å². The molecule has 0 saturated heterocycles. The normalized spacial score (nSPS) is 13.5. The van der Waals surface area contributed by atoms with Crippen LogP contribution in [0.1, 0.15) is 33.3 Å². The highest BCUT2D eigenvalue weighted by Gasteiger charge is 2.24. The molecule has 1 aromatic heterocycles. The van der Waals surface area contributed by atoms with E-state index in [4.69, 9.17) is 0 Å². The molecule has 0 amide bonds. The number of nitrogens with zero attached hydrogens (tertiary/aromatic N) is 2. The molecular formula is C16H21N3O3S. The van der Waals surface area contributed by atoms with Crippen molar-refractivity contribution in [1.82, 2.24) is 9.71 Å². The van der Waals surface area contributed by atoms with Gasteiger partial charge in [-0.1, -0.05) is 13.0 Å². The minimum Gasteiger partial charge on any atom is -0.623 e. The lowest BCUT2D eigenvalue weighted by Gasteiger charge is -2.19. The van der Waals surface area contributed by atoms with Crippen LogP contribution in [0, 0.1) is 5.21 Å². The SMILES string of the molecule is CCNS(=O)(=O)c1ccc2ncccc2c1/C=[N+](\[O-])C(C)(C)C. The van der Waals surface area contributed by atoms with Gasteiger partial charge in [-0.05, 0) is 18.2 Å². The highest BCUT2D eigenvalue weighted by molar-refractivity contribution is 7.89. The van der Waals surface area contributed by atoms with Crippen LogP contribution in [0.5, 0.6) is 0 Å². The van der Waals surface area contributed by atoms with Crippen LogP contribution < -0.4 is 4.72 Å². The van der Waals surface area contributed by atoms with Gasteiger partial charge in [0.15, 0.2) is 11.8 Å². The van der Waals surface area contributed by atoms with Crippen molar-refractivity contribution in [2.75, 3.05) is 6.54 Å². The third kappa shape index (κ3) is 3.68.